The van der Waals surface area contributed by atoms with Gasteiger partial charge < -0.3 is 20.1 Å². The van der Waals surface area contributed by atoms with Crippen LogP contribution >= 0.6 is 0 Å². The van der Waals surface area contributed by atoms with Gasteiger partial charge in [-0.25, -0.2) is 0 Å². The Morgan fingerprint density at radius 1 is 0.926 bits per heavy atom. The molecule has 0 spiro atoms. The Bertz CT molecular complexity index is 613. The van der Waals surface area contributed by atoms with Crippen LogP contribution in [-0.4, -0.2) is 26.9 Å². The first-order chi connectivity index (χ1) is 12.9. The number of unbranched alkanes of at least 4 members (excludes halogenated alkanes) is 10. The zero-order valence-electron chi connectivity index (χ0n) is 16.5. The monoisotopic (exact) mass is 378 g/mol. The van der Waals surface area contributed by atoms with E-state index in [4.69, 9.17) is 4.74 Å². The minimum absolute atomic E-state index is 0.0383. The van der Waals surface area contributed by atoms with Gasteiger partial charge in [0.05, 0.1) is 6.42 Å². The number of aliphatic hydroxyl groups is 1. The fourth-order valence-corrected chi connectivity index (χ4v) is 3.73. The number of ether oxygens (including phenoxy) is 1. The molecule has 0 aromatic heterocycles. The molecule has 2 rings (SSSR count). The van der Waals surface area contributed by atoms with Crippen LogP contribution in [0.25, 0.3) is 0 Å². The van der Waals surface area contributed by atoms with Crippen molar-refractivity contribution in [2.24, 2.45) is 0 Å². The zero-order valence-corrected chi connectivity index (χ0v) is 16.5. The molecular formula is C22H34O5. The maximum atomic E-state index is 12.3. The molecule has 0 radical (unpaired) electrons. The molecule has 0 fully saturated rings. The molecule has 1 atom stereocenters. The Balaban J connectivity index is 1.65. The number of Topliss-reactive ketones (excluding diaryl/α,β-unsaturated/α-hetero) is 1. The largest absolute Gasteiger partial charge is 0.508 e. The van der Waals surface area contributed by atoms with Gasteiger partial charge in [0.2, 0.25) is 5.79 Å². The van der Waals surface area contributed by atoms with Crippen LogP contribution < -0.4 is 4.74 Å². The molecule has 0 amide bonds. The van der Waals surface area contributed by atoms with Crippen molar-refractivity contribution < 1.29 is 24.9 Å². The van der Waals surface area contributed by atoms with Gasteiger partial charge in [0.25, 0.3) is 0 Å². The van der Waals surface area contributed by atoms with E-state index in [1.54, 1.807) is 0 Å². The van der Waals surface area contributed by atoms with Crippen LogP contribution in [0.2, 0.25) is 0 Å². The van der Waals surface area contributed by atoms with Crippen molar-refractivity contribution in [2.45, 2.75) is 96.2 Å². The fourth-order valence-electron chi connectivity index (χ4n) is 3.73. The summed E-state index contributed by atoms with van der Waals surface area (Å²) >= 11 is 0. The molecule has 0 saturated carbocycles. The van der Waals surface area contributed by atoms with E-state index in [0.29, 0.717) is 6.42 Å². The average Bonchev–Trinajstić information content (AvgIpc) is 2.58. The molecule has 3 N–H and O–H groups in total. The summed E-state index contributed by atoms with van der Waals surface area (Å²) in [6, 6.07) is 2.37. The van der Waals surface area contributed by atoms with E-state index in [9.17, 15) is 20.1 Å². The third kappa shape index (κ3) is 6.73. The Kier molecular flexibility index (Phi) is 8.42. The minimum Gasteiger partial charge on any atom is -0.508 e. The first-order valence-corrected chi connectivity index (χ1v) is 10.5. The third-order valence-corrected chi connectivity index (χ3v) is 5.25. The topological polar surface area (TPSA) is 87.0 Å². The van der Waals surface area contributed by atoms with Gasteiger partial charge in [-0.3, -0.25) is 4.79 Å². The highest BCUT2D eigenvalue weighted by atomic mass is 16.6. The van der Waals surface area contributed by atoms with Crippen molar-refractivity contribution >= 4 is 5.78 Å². The maximum Gasteiger partial charge on any atom is 0.215 e. The molecule has 27 heavy (non-hydrogen) atoms. The summed E-state index contributed by atoms with van der Waals surface area (Å²) in [5.74, 6) is -2.37. The highest BCUT2D eigenvalue weighted by Crippen LogP contribution is 2.41. The molecular weight excluding hydrogens is 344 g/mol. The molecule has 152 valence electrons. The molecule has 5 heteroatoms. The maximum absolute atomic E-state index is 12.3. The number of ketones is 1. The van der Waals surface area contributed by atoms with Crippen LogP contribution in [0.3, 0.4) is 0 Å². The number of phenolic OH excluding ortho intramolecular Hbond substituents is 2. The Morgan fingerprint density at radius 3 is 2.07 bits per heavy atom. The lowest BCUT2D eigenvalue weighted by atomic mass is 9.93. The molecule has 1 aromatic rings. The van der Waals surface area contributed by atoms with Gasteiger partial charge in [-0.2, -0.15) is 0 Å². The van der Waals surface area contributed by atoms with E-state index in [0.717, 1.165) is 25.3 Å². The average molecular weight is 379 g/mol. The van der Waals surface area contributed by atoms with Gasteiger partial charge >= 0.3 is 0 Å². The molecule has 5 nitrogen and oxygen atoms in total. The molecule has 1 aliphatic rings. The molecule has 1 aromatic carbocycles. The molecule has 0 unspecified atom stereocenters. The van der Waals surface area contributed by atoms with Crippen molar-refractivity contribution in [3.63, 3.8) is 0 Å². The highest BCUT2D eigenvalue weighted by Gasteiger charge is 2.39. The molecule has 0 bridgehead atoms. The number of benzene rings is 1. The summed E-state index contributed by atoms with van der Waals surface area (Å²) in [5, 5.41) is 30.0. The summed E-state index contributed by atoms with van der Waals surface area (Å²) in [7, 11) is 0. The van der Waals surface area contributed by atoms with Crippen molar-refractivity contribution in [2.75, 3.05) is 0 Å². The van der Waals surface area contributed by atoms with Gasteiger partial charge in [-0.05, 0) is 6.42 Å². The number of hydrogen-bond donors (Lipinski definition) is 3. The minimum atomic E-state index is -1.55. The predicted molar refractivity (Wildman–Crippen MR) is 105 cm³/mol. The second-order valence-corrected chi connectivity index (χ2v) is 7.77. The smallest absolute Gasteiger partial charge is 0.215 e. The highest BCUT2D eigenvalue weighted by molar-refractivity contribution is 6.02. The fraction of sp³-hybridized carbons (Fsp3) is 0.682. The van der Waals surface area contributed by atoms with Crippen molar-refractivity contribution in [3.8, 4) is 17.2 Å². The molecule has 0 aliphatic carbocycles. The van der Waals surface area contributed by atoms with Gasteiger partial charge in [0, 0.05) is 18.6 Å². The Labute approximate surface area is 162 Å². The molecule has 1 aliphatic heterocycles. The Morgan fingerprint density at radius 2 is 1.48 bits per heavy atom. The van der Waals surface area contributed by atoms with Crippen LogP contribution in [-0.2, 0) is 0 Å². The second kappa shape index (κ2) is 10.5. The molecule has 0 saturated heterocycles. The first kappa shape index (κ1) is 21.5. The molecule has 1 heterocycles. The standard InChI is InChI=1S/C22H34O5/c1-2-3-4-5-6-7-8-9-10-11-12-13-22(26)16-19(25)21-18(24)14-17(23)15-20(21)27-22/h14-15,23-24,26H,2-13,16H2,1H3/t22-/m0/s1. The number of rotatable bonds is 12. The van der Waals surface area contributed by atoms with Crippen LogP contribution in [0.1, 0.15) is 101 Å². The summed E-state index contributed by atoms with van der Waals surface area (Å²) in [5.41, 5.74) is 0.0383. The van der Waals surface area contributed by atoms with E-state index >= 15 is 0 Å². The summed E-state index contributed by atoms with van der Waals surface area (Å²) in [6.07, 6.45) is 13.5. The lowest BCUT2D eigenvalue weighted by Gasteiger charge is -2.33. The summed E-state index contributed by atoms with van der Waals surface area (Å²) in [4.78, 5) is 12.3. The third-order valence-electron chi connectivity index (χ3n) is 5.25. The van der Waals surface area contributed by atoms with Gasteiger partial charge in [0.15, 0.2) is 5.78 Å². The van der Waals surface area contributed by atoms with E-state index in [2.05, 4.69) is 6.92 Å². The van der Waals surface area contributed by atoms with Gasteiger partial charge in [0.1, 0.15) is 22.8 Å². The van der Waals surface area contributed by atoms with Crippen molar-refractivity contribution in [1.29, 1.82) is 0 Å². The van der Waals surface area contributed by atoms with E-state index in [-0.39, 0.29) is 35.0 Å². The van der Waals surface area contributed by atoms with Gasteiger partial charge in [-0.1, -0.05) is 71.1 Å². The van der Waals surface area contributed by atoms with Crippen LogP contribution in [0.5, 0.6) is 17.2 Å². The number of fused-ring (bicyclic) bond motifs is 1. The Hall–Kier alpha value is -1.75. The number of hydrogen-bond acceptors (Lipinski definition) is 5. The number of carbonyl (C=O) groups is 1. The first-order valence-electron chi connectivity index (χ1n) is 10.5. The number of carbonyl (C=O) groups excluding carboxylic acids is 1. The summed E-state index contributed by atoms with van der Waals surface area (Å²) in [6.45, 7) is 2.23. The van der Waals surface area contributed by atoms with Crippen LogP contribution in [0, 0.1) is 0 Å². The second-order valence-electron chi connectivity index (χ2n) is 7.77. The van der Waals surface area contributed by atoms with Crippen LogP contribution in [0.15, 0.2) is 12.1 Å². The van der Waals surface area contributed by atoms with E-state index < -0.39 is 5.79 Å². The van der Waals surface area contributed by atoms with E-state index in [1.165, 1.54) is 57.4 Å². The quantitative estimate of drug-likeness (QED) is 0.421. The SMILES string of the molecule is CCCCCCCCCCCCC[C@@]1(O)CC(=O)c2c(O)cc(O)cc2O1. The van der Waals surface area contributed by atoms with Crippen molar-refractivity contribution in [3.05, 3.63) is 17.7 Å². The summed E-state index contributed by atoms with van der Waals surface area (Å²) < 4.78 is 5.56. The number of phenols is 2. The number of aromatic hydroxyl groups is 2. The lowest BCUT2D eigenvalue weighted by molar-refractivity contribution is -0.145. The normalized spacial score (nSPS) is 19.0. The van der Waals surface area contributed by atoms with E-state index in [1.807, 2.05) is 0 Å². The lowest BCUT2D eigenvalue weighted by Crippen LogP contribution is -2.41. The van der Waals surface area contributed by atoms with Gasteiger partial charge in [-0.15, -0.1) is 0 Å². The van der Waals surface area contributed by atoms with Crippen LogP contribution in [0.4, 0.5) is 0 Å². The zero-order chi connectivity index (χ0) is 19.7. The van der Waals surface area contributed by atoms with Crippen molar-refractivity contribution in [1.82, 2.24) is 0 Å². The predicted octanol–water partition coefficient (Wildman–Crippen LogP) is 5.45.